The van der Waals surface area contributed by atoms with Crippen molar-refractivity contribution in [2.24, 2.45) is 0 Å². The van der Waals surface area contributed by atoms with E-state index in [2.05, 4.69) is 25.6 Å². The Bertz CT molecular complexity index is 667. The lowest BCUT2D eigenvalue weighted by Crippen LogP contribution is -2.24. The van der Waals surface area contributed by atoms with Crippen molar-refractivity contribution < 1.29 is 8.42 Å². The molecule has 4 nitrogen and oxygen atoms in total. The summed E-state index contributed by atoms with van der Waals surface area (Å²) >= 11 is 16.4. The molecule has 102 valence electrons. The smallest absolute Gasteiger partial charge is 0.243 e. The van der Waals surface area contributed by atoms with Gasteiger partial charge in [-0.25, -0.2) is 18.1 Å². The van der Waals surface area contributed by atoms with Crippen molar-refractivity contribution in [2.75, 3.05) is 0 Å². The Morgan fingerprint density at radius 3 is 2.47 bits per heavy atom. The van der Waals surface area contributed by atoms with Gasteiger partial charge in [-0.05, 0) is 12.1 Å². The maximum absolute atomic E-state index is 12.2. The molecule has 0 saturated carbocycles. The van der Waals surface area contributed by atoms with Gasteiger partial charge in [-0.2, -0.15) is 0 Å². The predicted molar refractivity (Wildman–Crippen MR) is 80.3 cm³/mol. The molecule has 0 amide bonds. The highest BCUT2D eigenvalue weighted by atomic mass is 79.9. The van der Waals surface area contributed by atoms with Crippen LogP contribution in [0.25, 0.3) is 0 Å². The third-order valence-corrected chi connectivity index (χ3v) is 5.57. The lowest BCUT2D eigenvalue weighted by atomic mass is 10.4. The van der Waals surface area contributed by atoms with Crippen molar-refractivity contribution in [3.8, 4) is 0 Å². The second kappa shape index (κ2) is 6.07. The van der Waals surface area contributed by atoms with Gasteiger partial charge in [0.05, 0.1) is 27.8 Å². The second-order valence-corrected chi connectivity index (χ2v) is 7.66. The minimum Gasteiger partial charge on any atom is -0.248 e. The number of benzene rings is 1. The molecule has 1 aromatic heterocycles. The highest BCUT2D eigenvalue weighted by molar-refractivity contribution is 9.10. The molecule has 19 heavy (non-hydrogen) atoms. The van der Waals surface area contributed by atoms with Crippen LogP contribution in [0.2, 0.25) is 10.0 Å². The first-order valence-corrected chi connectivity index (χ1v) is 8.89. The molecular weight excluding hydrogens is 395 g/mol. The minimum absolute atomic E-state index is 0.0603. The topological polar surface area (TPSA) is 59.1 Å². The highest BCUT2D eigenvalue weighted by Gasteiger charge is 2.22. The Hall–Kier alpha value is -0.180. The summed E-state index contributed by atoms with van der Waals surface area (Å²) < 4.78 is 27.3. The van der Waals surface area contributed by atoms with E-state index in [9.17, 15) is 8.42 Å². The molecule has 0 aliphatic rings. The van der Waals surface area contributed by atoms with Gasteiger partial charge in [0.25, 0.3) is 0 Å². The van der Waals surface area contributed by atoms with Crippen LogP contribution in [0.1, 0.15) is 5.69 Å². The molecule has 0 saturated heterocycles. The van der Waals surface area contributed by atoms with Gasteiger partial charge in [0.15, 0.2) is 0 Å². The van der Waals surface area contributed by atoms with E-state index in [1.165, 1.54) is 23.5 Å². The van der Waals surface area contributed by atoms with Crippen LogP contribution in [0, 0.1) is 0 Å². The van der Waals surface area contributed by atoms with Gasteiger partial charge in [0, 0.05) is 9.85 Å². The first kappa shape index (κ1) is 15.2. The second-order valence-electron chi connectivity index (χ2n) is 3.50. The van der Waals surface area contributed by atoms with Crippen molar-refractivity contribution >= 4 is 60.5 Å². The van der Waals surface area contributed by atoms with Crippen LogP contribution in [-0.2, 0) is 16.6 Å². The molecule has 9 heteroatoms. The van der Waals surface area contributed by atoms with Crippen LogP contribution in [-0.4, -0.2) is 13.4 Å². The molecule has 2 aromatic rings. The number of rotatable bonds is 4. The Labute approximate surface area is 132 Å². The van der Waals surface area contributed by atoms with E-state index in [0.29, 0.717) is 10.2 Å². The van der Waals surface area contributed by atoms with E-state index in [-0.39, 0.29) is 21.5 Å². The van der Waals surface area contributed by atoms with E-state index in [4.69, 9.17) is 23.2 Å². The van der Waals surface area contributed by atoms with Gasteiger partial charge in [-0.1, -0.05) is 39.1 Å². The van der Waals surface area contributed by atoms with Crippen molar-refractivity contribution in [3.63, 3.8) is 0 Å². The van der Waals surface area contributed by atoms with E-state index in [1.807, 2.05) is 0 Å². The van der Waals surface area contributed by atoms with Crippen LogP contribution < -0.4 is 4.72 Å². The number of sulfonamides is 1. The quantitative estimate of drug-likeness (QED) is 0.849. The Balaban J connectivity index is 2.29. The monoisotopic (exact) mass is 400 g/mol. The molecule has 2 rings (SSSR count). The summed E-state index contributed by atoms with van der Waals surface area (Å²) in [5.74, 6) is 0. The zero-order valence-electron chi connectivity index (χ0n) is 9.23. The predicted octanol–water partition coefficient (Wildman–Crippen LogP) is 3.69. The molecule has 1 aromatic carbocycles. The van der Waals surface area contributed by atoms with Crippen molar-refractivity contribution in [3.05, 3.63) is 43.2 Å². The fourth-order valence-corrected chi connectivity index (χ4v) is 4.84. The molecule has 0 spiro atoms. The fourth-order valence-electron chi connectivity index (χ4n) is 1.35. The molecule has 0 unspecified atom stereocenters. The number of nitrogens with zero attached hydrogens (tertiary/aromatic N) is 1. The molecule has 0 fully saturated rings. The summed E-state index contributed by atoms with van der Waals surface area (Å²) in [4.78, 5) is 3.86. The zero-order valence-corrected chi connectivity index (χ0v) is 14.0. The lowest BCUT2D eigenvalue weighted by Gasteiger charge is -2.09. The summed E-state index contributed by atoms with van der Waals surface area (Å²) in [6.07, 6.45) is 0. The normalized spacial score (nSPS) is 11.7. The first-order valence-electron chi connectivity index (χ1n) is 4.91. The van der Waals surface area contributed by atoms with Crippen molar-refractivity contribution in [1.29, 1.82) is 0 Å². The molecule has 0 aliphatic heterocycles. The summed E-state index contributed by atoms with van der Waals surface area (Å²) in [7, 11) is -3.78. The number of hydrogen-bond donors (Lipinski definition) is 1. The molecular formula is C10H7BrCl2N2O2S2. The van der Waals surface area contributed by atoms with E-state index < -0.39 is 10.0 Å². The average Bonchev–Trinajstić information content (AvgIpc) is 2.77. The molecule has 0 bridgehead atoms. The zero-order chi connectivity index (χ0) is 14.0. The van der Waals surface area contributed by atoms with Gasteiger partial charge < -0.3 is 0 Å². The SMILES string of the molecule is O=S(=O)(NCc1cscn1)c1c(Cl)cc(Br)cc1Cl. The van der Waals surface area contributed by atoms with Crippen LogP contribution in [0.15, 0.2) is 32.4 Å². The molecule has 0 radical (unpaired) electrons. The summed E-state index contributed by atoms with van der Waals surface area (Å²) in [5, 5.41) is 1.88. The standard InChI is InChI=1S/C10H7BrCl2N2O2S2/c11-6-1-8(12)10(9(13)2-6)19(16,17)15-3-7-4-18-5-14-7/h1-2,4-5,15H,3H2. The van der Waals surface area contributed by atoms with Gasteiger partial charge in [0.1, 0.15) is 4.90 Å². The molecule has 1 N–H and O–H groups in total. The Morgan fingerprint density at radius 2 is 1.95 bits per heavy atom. The number of thiazole rings is 1. The maximum Gasteiger partial charge on any atom is 0.243 e. The Morgan fingerprint density at radius 1 is 1.32 bits per heavy atom. The van der Waals surface area contributed by atoms with E-state index in [0.717, 1.165) is 0 Å². The molecule has 0 aliphatic carbocycles. The summed E-state index contributed by atoms with van der Waals surface area (Å²) in [5.41, 5.74) is 2.27. The number of halogens is 3. The van der Waals surface area contributed by atoms with Crippen LogP contribution >= 0.6 is 50.5 Å². The van der Waals surface area contributed by atoms with Crippen LogP contribution in [0.4, 0.5) is 0 Å². The van der Waals surface area contributed by atoms with Gasteiger partial charge >= 0.3 is 0 Å². The largest absolute Gasteiger partial charge is 0.248 e. The number of hydrogen-bond acceptors (Lipinski definition) is 4. The molecule has 0 atom stereocenters. The van der Waals surface area contributed by atoms with Gasteiger partial charge in [-0.3, -0.25) is 0 Å². The van der Waals surface area contributed by atoms with Crippen LogP contribution in [0.5, 0.6) is 0 Å². The van der Waals surface area contributed by atoms with Gasteiger partial charge in [0.2, 0.25) is 10.0 Å². The lowest BCUT2D eigenvalue weighted by molar-refractivity contribution is 0.580. The van der Waals surface area contributed by atoms with Crippen LogP contribution in [0.3, 0.4) is 0 Å². The Kier molecular flexibility index (Phi) is 4.86. The van der Waals surface area contributed by atoms with Gasteiger partial charge in [-0.15, -0.1) is 11.3 Å². The first-order chi connectivity index (χ1) is 8.90. The highest BCUT2D eigenvalue weighted by Crippen LogP contribution is 2.32. The fraction of sp³-hybridized carbons (Fsp3) is 0.100. The third kappa shape index (κ3) is 3.68. The van der Waals surface area contributed by atoms with Crippen molar-refractivity contribution in [2.45, 2.75) is 11.4 Å². The minimum atomic E-state index is -3.78. The third-order valence-electron chi connectivity index (χ3n) is 2.16. The van der Waals surface area contributed by atoms with Crippen molar-refractivity contribution in [1.82, 2.24) is 9.71 Å². The van der Waals surface area contributed by atoms with E-state index in [1.54, 1.807) is 10.9 Å². The number of nitrogens with one attached hydrogen (secondary N) is 1. The van der Waals surface area contributed by atoms with E-state index >= 15 is 0 Å². The summed E-state index contributed by atoms with van der Waals surface area (Å²) in [6, 6.07) is 2.95. The summed E-state index contributed by atoms with van der Waals surface area (Å²) in [6.45, 7) is 0.0918. The number of aromatic nitrogens is 1. The molecule has 1 heterocycles. The average molecular weight is 402 g/mol. The maximum atomic E-state index is 12.2.